The van der Waals surface area contributed by atoms with E-state index in [-0.39, 0.29) is 18.0 Å². The Bertz CT molecular complexity index is 455. The Hall–Kier alpha value is -1.63. The third-order valence-electron chi connectivity index (χ3n) is 2.95. The number of rotatable bonds is 4. The lowest BCUT2D eigenvalue weighted by molar-refractivity contribution is -0.141. The Morgan fingerprint density at radius 3 is 2.63 bits per heavy atom. The van der Waals surface area contributed by atoms with Crippen LogP contribution in [0.15, 0.2) is 18.3 Å². The molecule has 0 aliphatic heterocycles. The average Bonchev–Trinajstić information content (AvgIpc) is 3.19. The molecular weight excluding hydrogens is 261 g/mol. The number of carbonyl (C=O) groups excluding carboxylic acids is 1. The molecule has 1 amide bonds. The van der Waals surface area contributed by atoms with Crippen LogP contribution in [0.1, 0.15) is 28.9 Å². The van der Waals surface area contributed by atoms with Crippen LogP contribution < -0.4 is 5.32 Å². The first kappa shape index (κ1) is 13.8. The summed E-state index contributed by atoms with van der Waals surface area (Å²) in [6, 6.07) is 1.82. The molecule has 1 atom stereocenters. The molecule has 1 aromatic heterocycles. The van der Waals surface area contributed by atoms with E-state index in [0.29, 0.717) is 0 Å². The molecule has 0 aromatic carbocycles. The van der Waals surface area contributed by atoms with E-state index in [4.69, 9.17) is 0 Å². The van der Waals surface area contributed by atoms with Crippen LogP contribution in [0.2, 0.25) is 0 Å². The van der Waals surface area contributed by atoms with E-state index in [1.54, 1.807) is 0 Å². The second-order valence-electron chi connectivity index (χ2n) is 4.54. The molecule has 1 aromatic rings. The minimum absolute atomic E-state index is 0.0380. The summed E-state index contributed by atoms with van der Waals surface area (Å²) in [4.78, 5) is 14.8. The summed E-state index contributed by atoms with van der Waals surface area (Å²) in [6.07, 6.45) is -2.34. The maximum atomic E-state index is 12.3. The number of hydrogen-bond donors (Lipinski definition) is 2. The van der Waals surface area contributed by atoms with Crippen molar-refractivity contribution in [1.29, 1.82) is 0 Å². The maximum Gasteiger partial charge on any atom is 0.433 e. The van der Waals surface area contributed by atoms with Crippen LogP contribution in [0, 0.1) is 5.92 Å². The van der Waals surface area contributed by atoms with Crippen molar-refractivity contribution in [3.8, 4) is 0 Å². The third-order valence-corrected chi connectivity index (χ3v) is 2.95. The van der Waals surface area contributed by atoms with Gasteiger partial charge < -0.3 is 10.4 Å². The molecule has 2 rings (SSSR count). The fourth-order valence-corrected chi connectivity index (χ4v) is 1.64. The smallest absolute Gasteiger partial charge is 0.391 e. The van der Waals surface area contributed by atoms with Gasteiger partial charge in [-0.3, -0.25) is 9.78 Å². The predicted molar refractivity (Wildman–Crippen MR) is 60.3 cm³/mol. The molecule has 4 nitrogen and oxygen atoms in total. The van der Waals surface area contributed by atoms with Crippen LogP contribution in [-0.2, 0) is 6.18 Å². The zero-order valence-electron chi connectivity index (χ0n) is 9.94. The van der Waals surface area contributed by atoms with Crippen LogP contribution in [0.3, 0.4) is 0 Å². The highest BCUT2D eigenvalue weighted by molar-refractivity contribution is 5.93. The van der Waals surface area contributed by atoms with Crippen LogP contribution in [0.5, 0.6) is 0 Å². The first-order valence-electron chi connectivity index (χ1n) is 5.87. The Balaban J connectivity index is 1.91. The normalized spacial score (nSPS) is 17.1. The molecule has 19 heavy (non-hydrogen) atoms. The number of nitrogens with zero attached hydrogens (tertiary/aromatic N) is 1. The van der Waals surface area contributed by atoms with Gasteiger partial charge in [-0.25, -0.2) is 0 Å². The van der Waals surface area contributed by atoms with Crippen molar-refractivity contribution in [2.45, 2.75) is 25.1 Å². The minimum atomic E-state index is -4.52. The topological polar surface area (TPSA) is 62.2 Å². The van der Waals surface area contributed by atoms with Gasteiger partial charge in [0.2, 0.25) is 0 Å². The van der Waals surface area contributed by atoms with Gasteiger partial charge in [-0.05, 0) is 30.9 Å². The number of halogens is 3. The van der Waals surface area contributed by atoms with Crippen molar-refractivity contribution in [2.75, 3.05) is 6.54 Å². The molecule has 0 bridgehead atoms. The first-order chi connectivity index (χ1) is 8.88. The van der Waals surface area contributed by atoms with Crippen molar-refractivity contribution in [3.05, 3.63) is 29.6 Å². The van der Waals surface area contributed by atoms with Gasteiger partial charge in [0.25, 0.3) is 5.91 Å². The van der Waals surface area contributed by atoms with Crippen LogP contribution >= 0.6 is 0 Å². The van der Waals surface area contributed by atoms with E-state index in [1.807, 2.05) is 0 Å². The Morgan fingerprint density at radius 1 is 1.47 bits per heavy atom. The zero-order chi connectivity index (χ0) is 14.0. The predicted octanol–water partition coefficient (Wildman–Crippen LogP) is 1.60. The Morgan fingerprint density at radius 2 is 2.16 bits per heavy atom. The summed E-state index contributed by atoms with van der Waals surface area (Å²) >= 11 is 0. The van der Waals surface area contributed by atoms with E-state index in [2.05, 4.69) is 10.3 Å². The van der Waals surface area contributed by atoms with Crippen molar-refractivity contribution >= 4 is 5.91 Å². The number of amides is 1. The Kier molecular flexibility index (Phi) is 3.75. The van der Waals surface area contributed by atoms with Crippen molar-refractivity contribution in [3.63, 3.8) is 0 Å². The fourth-order valence-electron chi connectivity index (χ4n) is 1.64. The highest BCUT2D eigenvalue weighted by Gasteiger charge is 2.32. The molecule has 1 saturated carbocycles. The second-order valence-corrected chi connectivity index (χ2v) is 4.54. The lowest BCUT2D eigenvalue weighted by atomic mass is 10.2. The summed E-state index contributed by atoms with van der Waals surface area (Å²) < 4.78 is 36.8. The van der Waals surface area contributed by atoms with Gasteiger partial charge in [-0.1, -0.05) is 0 Å². The summed E-state index contributed by atoms with van der Waals surface area (Å²) in [5.41, 5.74) is -1.00. The van der Waals surface area contributed by atoms with Crippen molar-refractivity contribution in [2.24, 2.45) is 5.92 Å². The standard InChI is InChI=1S/C12H13F3N2O2/c13-12(14,15)10-4-3-8(5-16-10)11(19)17-6-9(18)7-1-2-7/h3-5,7,9,18H,1-2,6H2,(H,17,19). The molecular formula is C12H13F3N2O2. The largest absolute Gasteiger partial charge is 0.433 e. The average molecular weight is 274 g/mol. The van der Waals surface area contributed by atoms with Crippen molar-refractivity contribution in [1.82, 2.24) is 10.3 Å². The van der Waals surface area contributed by atoms with Gasteiger partial charge in [0.1, 0.15) is 5.69 Å². The van der Waals surface area contributed by atoms with E-state index in [9.17, 15) is 23.1 Å². The van der Waals surface area contributed by atoms with Crippen LogP contribution in [0.25, 0.3) is 0 Å². The number of aliphatic hydroxyl groups excluding tert-OH is 1. The number of alkyl halides is 3. The SMILES string of the molecule is O=C(NCC(O)C1CC1)c1ccc(C(F)(F)F)nc1. The van der Waals surface area contributed by atoms with E-state index in [1.165, 1.54) is 0 Å². The molecule has 1 unspecified atom stereocenters. The Labute approximate surface area is 107 Å². The summed E-state index contributed by atoms with van der Waals surface area (Å²) in [6.45, 7) is 0.102. The molecule has 2 N–H and O–H groups in total. The van der Waals surface area contributed by atoms with E-state index < -0.39 is 23.9 Å². The minimum Gasteiger partial charge on any atom is -0.391 e. The molecule has 1 heterocycles. The lowest BCUT2D eigenvalue weighted by Gasteiger charge is -2.11. The van der Waals surface area contributed by atoms with Gasteiger partial charge in [-0.2, -0.15) is 13.2 Å². The summed E-state index contributed by atoms with van der Waals surface area (Å²) in [7, 11) is 0. The number of aliphatic hydroxyl groups is 1. The monoisotopic (exact) mass is 274 g/mol. The van der Waals surface area contributed by atoms with E-state index >= 15 is 0 Å². The molecule has 104 valence electrons. The number of hydrogen-bond acceptors (Lipinski definition) is 3. The molecule has 0 saturated heterocycles. The molecule has 0 radical (unpaired) electrons. The number of pyridine rings is 1. The molecule has 1 aliphatic carbocycles. The molecule has 0 spiro atoms. The van der Waals surface area contributed by atoms with Gasteiger partial charge >= 0.3 is 6.18 Å². The van der Waals surface area contributed by atoms with Gasteiger partial charge in [-0.15, -0.1) is 0 Å². The first-order valence-corrected chi connectivity index (χ1v) is 5.87. The quantitative estimate of drug-likeness (QED) is 0.876. The highest BCUT2D eigenvalue weighted by atomic mass is 19.4. The second kappa shape index (κ2) is 5.16. The lowest BCUT2D eigenvalue weighted by Crippen LogP contribution is -2.33. The van der Waals surface area contributed by atoms with Gasteiger partial charge in [0.15, 0.2) is 0 Å². The third kappa shape index (κ3) is 3.66. The molecule has 1 aliphatic rings. The number of carbonyl (C=O) groups is 1. The summed E-state index contributed by atoms with van der Waals surface area (Å²) in [5, 5.41) is 12.0. The van der Waals surface area contributed by atoms with Gasteiger partial charge in [0, 0.05) is 12.7 Å². The van der Waals surface area contributed by atoms with Crippen LogP contribution in [0.4, 0.5) is 13.2 Å². The number of nitrogens with one attached hydrogen (secondary N) is 1. The highest BCUT2D eigenvalue weighted by Crippen LogP contribution is 2.32. The zero-order valence-corrected chi connectivity index (χ0v) is 9.94. The maximum absolute atomic E-state index is 12.3. The summed E-state index contributed by atoms with van der Waals surface area (Å²) in [5.74, 6) is -0.313. The number of aromatic nitrogens is 1. The van der Waals surface area contributed by atoms with Gasteiger partial charge in [0.05, 0.1) is 11.7 Å². The van der Waals surface area contributed by atoms with Crippen molar-refractivity contribution < 1.29 is 23.1 Å². The molecule has 7 heteroatoms. The van der Waals surface area contributed by atoms with Crippen LogP contribution in [-0.4, -0.2) is 28.6 Å². The fraction of sp³-hybridized carbons (Fsp3) is 0.500. The van der Waals surface area contributed by atoms with E-state index in [0.717, 1.165) is 31.2 Å². The molecule has 1 fully saturated rings.